The van der Waals surface area contributed by atoms with Crippen LogP contribution < -0.4 is 0 Å². The number of esters is 1. The Hall–Kier alpha value is -2.21. The molecule has 0 radical (unpaired) electrons. The van der Waals surface area contributed by atoms with E-state index in [0.717, 1.165) is 9.99 Å². The standard InChI is InChI=1S/C14H10BrN3O2/c1-20-14(19)9-3-2-4-10-12(9)18-13(17-10)11-6-5-8(15)7-16-11/h2-7H,1H3,(H,17,18). The Bertz CT molecular complexity index is 781. The molecule has 3 rings (SSSR count). The van der Waals surface area contributed by atoms with Crippen molar-refractivity contribution in [2.24, 2.45) is 0 Å². The van der Waals surface area contributed by atoms with Gasteiger partial charge in [-0.3, -0.25) is 4.98 Å². The third-order valence-corrected chi connectivity index (χ3v) is 3.36. The molecule has 0 fully saturated rings. The molecule has 0 atom stereocenters. The van der Waals surface area contributed by atoms with E-state index in [2.05, 4.69) is 30.9 Å². The van der Waals surface area contributed by atoms with Gasteiger partial charge in [-0.15, -0.1) is 0 Å². The second-order valence-electron chi connectivity index (χ2n) is 4.14. The lowest BCUT2D eigenvalue weighted by atomic mass is 10.2. The van der Waals surface area contributed by atoms with E-state index in [4.69, 9.17) is 4.74 Å². The van der Waals surface area contributed by atoms with Crippen molar-refractivity contribution in [3.63, 3.8) is 0 Å². The Kier molecular flexibility index (Phi) is 3.23. The molecule has 20 heavy (non-hydrogen) atoms. The molecular formula is C14H10BrN3O2. The van der Waals surface area contributed by atoms with Crippen molar-refractivity contribution in [2.45, 2.75) is 0 Å². The fraction of sp³-hybridized carbons (Fsp3) is 0.0714. The van der Waals surface area contributed by atoms with Gasteiger partial charge in [-0.05, 0) is 40.2 Å². The van der Waals surface area contributed by atoms with Crippen LogP contribution in [0.1, 0.15) is 10.4 Å². The summed E-state index contributed by atoms with van der Waals surface area (Å²) in [4.78, 5) is 23.6. The minimum atomic E-state index is -0.405. The topological polar surface area (TPSA) is 67.9 Å². The van der Waals surface area contributed by atoms with Crippen LogP contribution in [0.2, 0.25) is 0 Å². The quantitative estimate of drug-likeness (QED) is 0.732. The summed E-state index contributed by atoms with van der Waals surface area (Å²) in [5, 5.41) is 0. The number of methoxy groups -OCH3 is 1. The fourth-order valence-corrected chi connectivity index (χ4v) is 2.18. The molecule has 1 N–H and O–H groups in total. The highest BCUT2D eigenvalue weighted by Crippen LogP contribution is 2.22. The van der Waals surface area contributed by atoms with E-state index in [1.54, 1.807) is 18.3 Å². The van der Waals surface area contributed by atoms with E-state index in [-0.39, 0.29) is 0 Å². The monoisotopic (exact) mass is 331 g/mol. The zero-order valence-electron chi connectivity index (χ0n) is 10.6. The van der Waals surface area contributed by atoms with Gasteiger partial charge >= 0.3 is 5.97 Å². The number of H-pyrrole nitrogens is 1. The molecular weight excluding hydrogens is 322 g/mol. The maximum absolute atomic E-state index is 11.7. The second-order valence-corrected chi connectivity index (χ2v) is 5.06. The van der Waals surface area contributed by atoms with Gasteiger partial charge in [0.05, 0.1) is 18.2 Å². The van der Waals surface area contributed by atoms with Crippen LogP contribution in [0.4, 0.5) is 0 Å². The number of pyridine rings is 1. The average Bonchev–Trinajstić information content (AvgIpc) is 2.91. The number of rotatable bonds is 2. The van der Waals surface area contributed by atoms with Crippen LogP contribution >= 0.6 is 15.9 Å². The number of para-hydroxylation sites is 1. The number of halogens is 1. The molecule has 3 aromatic rings. The van der Waals surface area contributed by atoms with Gasteiger partial charge in [0, 0.05) is 10.7 Å². The summed E-state index contributed by atoms with van der Waals surface area (Å²) >= 11 is 3.34. The Morgan fingerprint density at radius 3 is 2.85 bits per heavy atom. The Morgan fingerprint density at radius 1 is 1.30 bits per heavy atom. The third-order valence-electron chi connectivity index (χ3n) is 2.89. The first-order valence-electron chi connectivity index (χ1n) is 5.88. The zero-order valence-corrected chi connectivity index (χ0v) is 12.1. The molecule has 100 valence electrons. The number of aromatic amines is 1. The highest BCUT2D eigenvalue weighted by atomic mass is 79.9. The number of hydrogen-bond donors (Lipinski definition) is 1. The van der Waals surface area contributed by atoms with Crippen LogP contribution in [-0.2, 0) is 4.74 Å². The predicted molar refractivity (Wildman–Crippen MR) is 78.4 cm³/mol. The van der Waals surface area contributed by atoms with Crippen molar-refractivity contribution in [3.8, 4) is 11.5 Å². The predicted octanol–water partition coefficient (Wildman–Crippen LogP) is 3.17. The summed E-state index contributed by atoms with van der Waals surface area (Å²) < 4.78 is 5.66. The molecule has 2 heterocycles. The summed E-state index contributed by atoms with van der Waals surface area (Å²) in [5.74, 6) is 0.210. The molecule has 0 saturated heterocycles. The van der Waals surface area contributed by atoms with E-state index in [1.165, 1.54) is 7.11 Å². The van der Waals surface area contributed by atoms with Crippen LogP contribution in [0.25, 0.3) is 22.6 Å². The largest absolute Gasteiger partial charge is 0.465 e. The van der Waals surface area contributed by atoms with Crippen molar-refractivity contribution >= 4 is 32.9 Å². The Morgan fingerprint density at radius 2 is 2.15 bits per heavy atom. The van der Waals surface area contributed by atoms with Gasteiger partial charge in [0.2, 0.25) is 0 Å². The van der Waals surface area contributed by atoms with Gasteiger partial charge in [-0.1, -0.05) is 6.07 Å². The summed E-state index contributed by atoms with van der Waals surface area (Å²) in [6.07, 6.45) is 1.70. The first-order chi connectivity index (χ1) is 9.69. The molecule has 0 bridgehead atoms. The molecule has 0 saturated carbocycles. The minimum Gasteiger partial charge on any atom is -0.465 e. The lowest BCUT2D eigenvalue weighted by molar-refractivity contribution is 0.0603. The molecule has 0 aliphatic rings. The number of carbonyl (C=O) groups excluding carboxylic acids is 1. The van der Waals surface area contributed by atoms with E-state index in [0.29, 0.717) is 22.6 Å². The number of fused-ring (bicyclic) bond motifs is 1. The maximum atomic E-state index is 11.7. The van der Waals surface area contributed by atoms with Crippen molar-refractivity contribution in [2.75, 3.05) is 7.11 Å². The smallest absolute Gasteiger partial charge is 0.340 e. The summed E-state index contributed by atoms with van der Waals surface area (Å²) in [6, 6.07) is 9.06. The van der Waals surface area contributed by atoms with Gasteiger partial charge in [0.25, 0.3) is 0 Å². The van der Waals surface area contributed by atoms with E-state index >= 15 is 0 Å². The van der Waals surface area contributed by atoms with Crippen molar-refractivity contribution < 1.29 is 9.53 Å². The molecule has 0 amide bonds. The number of ether oxygens (including phenoxy) is 1. The summed E-state index contributed by atoms with van der Waals surface area (Å²) in [6.45, 7) is 0. The van der Waals surface area contributed by atoms with Gasteiger partial charge in [0.15, 0.2) is 5.82 Å². The van der Waals surface area contributed by atoms with E-state index in [9.17, 15) is 4.79 Å². The number of carbonyl (C=O) groups is 1. The van der Waals surface area contributed by atoms with Crippen LogP contribution in [0.15, 0.2) is 41.0 Å². The van der Waals surface area contributed by atoms with Crippen LogP contribution in [0.5, 0.6) is 0 Å². The highest BCUT2D eigenvalue weighted by Gasteiger charge is 2.14. The molecule has 0 spiro atoms. The van der Waals surface area contributed by atoms with Gasteiger partial charge < -0.3 is 9.72 Å². The SMILES string of the molecule is COC(=O)c1cccc2[nH]c(-c3ccc(Br)cn3)nc12. The number of benzene rings is 1. The highest BCUT2D eigenvalue weighted by molar-refractivity contribution is 9.10. The van der Waals surface area contributed by atoms with Crippen LogP contribution in [-0.4, -0.2) is 28.0 Å². The van der Waals surface area contributed by atoms with Crippen molar-refractivity contribution in [1.82, 2.24) is 15.0 Å². The molecule has 0 aliphatic carbocycles. The van der Waals surface area contributed by atoms with Gasteiger partial charge in [-0.25, -0.2) is 9.78 Å². The number of hydrogen-bond acceptors (Lipinski definition) is 4. The molecule has 0 unspecified atom stereocenters. The number of nitrogens with zero attached hydrogens (tertiary/aromatic N) is 2. The average molecular weight is 332 g/mol. The maximum Gasteiger partial charge on any atom is 0.340 e. The number of aromatic nitrogens is 3. The van der Waals surface area contributed by atoms with E-state index in [1.807, 2.05) is 18.2 Å². The van der Waals surface area contributed by atoms with Gasteiger partial charge in [-0.2, -0.15) is 0 Å². The number of nitrogens with one attached hydrogen (secondary N) is 1. The second kappa shape index (κ2) is 5.05. The minimum absolute atomic E-state index is 0.405. The van der Waals surface area contributed by atoms with Crippen LogP contribution in [0.3, 0.4) is 0 Å². The first kappa shape index (κ1) is 12.8. The third kappa shape index (κ3) is 2.18. The molecule has 1 aromatic carbocycles. The molecule has 5 nitrogen and oxygen atoms in total. The summed E-state index contributed by atoms with van der Waals surface area (Å²) in [7, 11) is 1.35. The molecule has 6 heteroatoms. The van der Waals surface area contributed by atoms with Crippen molar-refractivity contribution in [3.05, 3.63) is 46.6 Å². The lowest BCUT2D eigenvalue weighted by Gasteiger charge is -1.98. The van der Waals surface area contributed by atoms with Crippen LogP contribution in [0, 0.1) is 0 Å². The van der Waals surface area contributed by atoms with Crippen molar-refractivity contribution in [1.29, 1.82) is 0 Å². The zero-order chi connectivity index (χ0) is 14.1. The normalized spacial score (nSPS) is 10.7. The number of imidazole rings is 1. The lowest BCUT2D eigenvalue weighted by Crippen LogP contribution is -2.01. The molecule has 2 aromatic heterocycles. The summed E-state index contributed by atoms with van der Waals surface area (Å²) in [5.41, 5.74) is 2.50. The van der Waals surface area contributed by atoms with Gasteiger partial charge in [0.1, 0.15) is 11.2 Å². The fourth-order valence-electron chi connectivity index (χ4n) is 1.94. The Balaban J connectivity index is 2.15. The first-order valence-corrected chi connectivity index (χ1v) is 6.67. The molecule has 0 aliphatic heterocycles. The Labute approximate surface area is 123 Å². The van der Waals surface area contributed by atoms with E-state index < -0.39 is 5.97 Å².